The highest BCUT2D eigenvalue weighted by atomic mass is 19.4. The zero-order valence-corrected chi connectivity index (χ0v) is 21.0. The highest BCUT2D eigenvalue weighted by Gasteiger charge is 2.43. The minimum atomic E-state index is -4.87. The number of allylic oxidation sites excluding steroid dienone is 1. The number of nitrogens with zero attached hydrogens (tertiary/aromatic N) is 2. The van der Waals surface area contributed by atoms with E-state index in [2.05, 4.69) is 5.32 Å². The number of alkyl halides is 5. The molecule has 12 heteroatoms. The second kappa shape index (κ2) is 10.7. The van der Waals surface area contributed by atoms with Crippen LogP contribution in [-0.2, 0) is 15.8 Å². The van der Waals surface area contributed by atoms with Crippen molar-refractivity contribution in [1.29, 1.82) is 0 Å². The number of primary amides is 1. The smallest absolute Gasteiger partial charge is 0.371 e. The Morgan fingerprint density at radius 3 is 2.49 bits per heavy atom. The first-order valence-electron chi connectivity index (χ1n) is 12.3. The molecular weight excluding hydrogens is 523 g/mol. The minimum absolute atomic E-state index is 0.0702. The Hall–Kier alpha value is -3.96. The molecule has 39 heavy (non-hydrogen) atoms. The number of rotatable bonds is 5. The van der Waals surface area contributed by atoms with Gasteiger partial charge in [0.1, 0.15) is 0 Å². The zero-order valence-electron chi connectivity index (χ0n) is 21.0. The van der Waals surface area contributed by atoms with E-state index in [0.29, 0.717) is 30.8 Å². The molecular formula is C27H27F5N4O3. The van der Waals surface area contributed by atoms with Crippen molar-refractivity contribution in [1.82, 2.24) is 5.32 Å². The Bertz CT molecular complexity index is 1320. The largest absolute Gasteiger partial charge is 0.417 e. The summed E-state index contributed by atoms with van der Waals surface area (Å²) in [5.74, 6) is -6.28. The maximum atomic E-state index is 15.3. The number of fused-ring (bicyclic) bond motifs is 1. The molecule has 1 fully saturated rings. The van der Waals surface area contributed by atoms with Crippen LogP contribution in [0.3, 0.4) is 0 Å². The number of hydrogen-bond donors (Lipinski definition) is 2. The molecule has 2 aliphatic heterocycles. The van der Waals surface area contributed by atoms with Gasteiger partial charge in [-0.3, -0.25) is 14.4 Å². The lowest BCUT2D eigenvalue weighted by Crippen LogP contribution is -2.35. The molecule has 1 saturated heterocycles. The van der Waals surface area contributed by atoms with E-state index in [-0.39, 0.29) is 11.3 Å². The average Bonchev–Trinajstić information content (AvgIpc) is 3.27. The summed E-state index contributed by atoms with van der Waals surface area (Å²) >= 11 is 0. The summed E-state index contributed by atoms with van der Waals surface area (Å²) in [6.07, 6.45) is -4.38. The predicted molar refractivity (Wildman–Crippen MR) is 135 cm³/mol. The Balaban J connectivity index is 1.76. The van der Waals surface area contributed by atoms with E-state index in [9.17, 15) is 27.6 Å². The van der Waals surface area contributed by atoms with Crippen LogP contribution in [0.25, 0.3) is 5.57 Å². The first-order chi connectivity index (χ1) is 18.3. The molecule has 7 nitrogen and oxygen atoms in total. The van der Waals surface area contributed by atoms with Gasteiger partial charge in [-0.1, -0.05) is 25.1 Å². The van der Waals surface area contributed by atoms with Gasteiger partial charge in [-0.05, 0) is 36.6 Å². The van der Waals surface area contributed by atoms with Crippen LogP contribution in [0.5, 0.6) is 0 Å². The van der Waals surface area contributed by atoms with Crippen LogP contribution in [0.15, 0.2) is 48.5 Å². The average molecular weight is 551 g/mol. The molecule has 3 amide bonds. The van der Waals surface area contributed by atoms with E-state index < -0.39 is 66.0 Å². The summed E-state index contributed by atoms with van der Waals surface area (Å²) < 4.78 is 73.0. The first kappa shape index (κ1) is 28.1. The van der Waals surface area contributed by atoms with Gasteiger partial charge in [0.15, 0.2) is 0 Å². The van der Waals surface area contributed by atoms with Crippen LogP contribution < -0.4 is 20.9 Å². The molecule has 2 aromatic rings. The third-order valence-corrected chi connectivity index (χ3v) is 6.81. The van der Waals surface area contributed by atoms with Crippen molar-refractivity contribution < 1.29 is 36.3 Å². The van der Waals surface area contributed by atoms with Gasteiger partial charge in [0.2, 0.25) is 11.8 Å². The van der Waals surface area contributed by atoms with Crippen molar-refractivity contribution in [2.24, 2.45) is 11.7 Å². The SMILES string of the molecule is C[C@H]1CCN(c2ccc(C(=O)N3CCC(F)(F)/C(=C\C(=O)NCC(N)=O)c4ccccc43)c(C(F)(F)F)c2)C1. The van der Waals surface area contributed by atoms with Gasteiger partial charge in [0.05, 0.1) is 23.4 Å². The number of hydrogen-bond acceptors (Lipinski definition) is 4. The molecule has 0 unspecified atom stereocenters. The zero-order chi connectivity index (χ0) is 28.5. The summed E-state index contributed by atoms with van der Waals surface area (Å²) in [4.78, 5) is 39.5. The Morgan fingerprint density at radius 1 is 1.13 bits per heavy atom. The first-order valence-corrected chi connectivity index (χ1v) is 12.3. The topological polar surface area (TPSA) is 95.7 Å². The van der Waals surface area contributed by atoms with Crippen molar-refractivity contribution in [3.05, 3.63) is 65.2 Å². The summed E-state index contributed by atoms with van der Waals surface area (Å²) in [7, 11) is 0. The molecule has 0 aliphatic carbocycles. The molecule has 0 saturated carbocycles. The summed E-state index contributed by atoms with van der Waals surface area (Å²) in [5.41, 5.74) is 2.50. The van der Waals surface area contributed by atoms with E-state index in [0.717, 1.165) is 23.5 Å². The van der Waals surface area contributed by atoms with Gasteiger partial charge < -0.3 is 20.9 Å². The lowest BCUT2D eigenvalue weighted by molar-refractivity contribution is -0.137. The fourth-order valence-corrected chi connectivity index (χ4v) is 4.86. The lowest BCUT2D eigenvalue weighted by atomic mass is 9.97. The predicted octanol–water partition coefficient (Wildman–Crippen LogP) is 4.22. The quantitative estimate of drug-likeness (QED) is 0.431. The number of anilines is 2. The third-order valence-electron chi connectivity index (χ3n) is 6.81. The van der Waals surface area contributed by atoms with Gasteiger partial charge in [-0.15, -0.1) is 0 Å². The maximum absolute atomic E-state index is 15.3. The number of nitrogens with two attached hydrogens (primary N) is 1. The fraction of sp³-hybridized carbons (Fsp3) is 0.370. The molecule has 0 radical (unpaired) electrons. The molecule has 0 aromatic heterocycles. The van der Waals surface area contributed by atoms with E-state index >= 15 is 8.78 Å². The van der Waals surface area contributed by atoms with Gasteiger partial charge in [-0.25, -0.2) is 8.78 Å². The van der Waals surface area contributed by atoms with Crippen molar-refractivity contribution >= 4 is 34.7 Å². The summed E-state index contributed by atoms with van der Waals surface area (Å²) in [6.45, 7) is 1.99. The molecule has 2 aliphatic rings. The van der Waals surface area contributed by atoms with E-state index in [1.165, 1.54) is 30.3 Å². The van der Waals surface area contributed by atoms with Crippen LogP contribution >= 0.6 is 0 Å². The highest BCUT2D eigenvalue weighted by molar-refractivity contribution is 6.10. The van der Waals surface area contributed by atoms with Gasteiger partial charge in [-0.2, -0.15) is 13.2 Å². The number of halogens is 5. The van der Waals surface area contributed by atoms with Crippen molar-refractivity contribution in [3.63, 3.8) is 0 Å². The van der Waals surface area contributed by atoms with Gasteiger partial charge >= 0.3 is 6.18 Å². The molecule has 0 spiro atoms. The lowest BCUT2D eigenvalue weighted by Gasteiger charge is -2.26. The summed E-state index contributed by atoms with van der Waals surface area (Å²) in [6, 6.07) is 8.90. The third kappa shape index (κ3) is 6.04. The monoisotopic (exact) mass is 550 g/mol. The molecule has 3 N–H and O–H groups in total. The Kier molecular flexibility index (Phi) is 7.67. The maximum Gasteiger partial charge on any atom is 0.417 e. The highest BCUT2D eigenvalue weighted by Crippen LogP contribution is 2.44. The standard InChI is InChI=1S/C27H27F5N4O3/c1-16-8-10-35(15-16)17-6-7-19(21(12-17)27(30,31)32)25(39)36-11-9-26(28,29)20(13-24(38)34-14-23(33)37)18-4-2-3-5-22(18)36/h2-7,12-13,16H,8-11,14-15H2,1H3,(H2,33,37)(H,34,38)/b20-13-/t16-/m0/s1. The van der Waals surface area contributed by atoms with E-state index in [1.54, 1.807) is 0 Å². The van der Waals surface area contributed by atoms with E-state index in [1.807, 2.05) is 11.8 Å². The Morgan fingerprint density at radius 2 is 1.85 bits per heavy atom. The Labute approximate surface area is 221 Å². The van der Waals surface area contributed by atoms with Crippen LogP contribution in [0.2, 0.25) is 0 Å². The number of para-hydroxylation sites is 1. The summed E-state index contributed by atoms with van der Waals surface area (Å²) in [5, 5.41) is 2.10. The number of nitrogens with one attached hydrogen (secondary N) is 1. The van der Waals surface area contributed by atoms with E-state index in [4.69, 9.17) is 5.73 Å². The molecule has 4 rings (SSSR count). The van der Waals surface area contributed by atoms with Crippen molar-refractivity contribution in [2.45, 2.75) is 31.9 Å². The number of benzene rings is 2. The molecule has 2 aromatic carbocycles. The van der Waals surface area contributed by atoms with Crippen molar-refractivity contribution in [2.75, 3.05) is 36.0 Å². The molecule has 2 heterocycles. The van der Waals surface area contributed by atoms with Crippen LogP contribution in [0, 0.1) is 5.92 Å². The molecule has 0 bridgehead atoms. The second-order valence-corrected chi connectivity index (χ2v) is 9.74. The van der Waals surface area contributed by atoms with Crippen LogP contribution in [-0.4, -0.2) is 49.8 Å². The van der Waals surface area contributed by atoms with Crippen molar-refractivity contribution in [3.8, 4) is 0 Å². The minimum Gasteiger partial charge on any atom is -0.371 e. The fourth-order valence-electron chi connectivity index (χ4n) is 4.86. The number of carbonyl (C=O) groups excluding carboxylic acids is 3. The molecule has 208 valence electrons. The number of carbonyl (C=O) groups is 3. The van der Waals surface area contributed by atoms with Crippen LogP contribution in [0.1, 0.15) is 41.3 Å². The second-order valence-electron chi connectivity index (χ2n) is 9.74. The van der Waals surface area contributed by atoms with Crippen LogP contribution in [0.4, 0.5) is 33.3 Å². The molecule has 1 atom stereocenters. The normalized spacial score (nSPS) is 19.9. The van der Waals surface area contributed by atoms with Gasteiger partial charge in [0.25, 0.3) is 11.8 Å². The number of amides is 3. The van der Waals surface area contributed by atoms with Gasteiger partial charge in [0, 0.05) is 49.0 Å².